The van der Waals surface area contributed by atoms with E-state index in [1.165, 1.54) is 0 Å². The molecule has 0 amide bonds. The van der Waals surface area contributed by atoms with Crippen LogP contribution in [0.4, 0.5) is 5.82 Å². The van der Waals surface area contributed by atoms with Gasteiger partial charge in [0.1, 0.15) is 0 Å². The number of nitrogens with two attached hydrogens (primary N) is 1. The third-order valence-electron chi connectivity index (χ3n) is 1.89. The predicted molar refractivity (Wildman–Crippen MR) is 51.3 cm³/mol. The highest BCUT2D eigenvalue weighted by Gasteiger charge is 1.96. The topological polar surface area (TPSA) is 74.5 Å². The number of nitrogens with zero attached hydrogens (tertiary/aromatic N) is 5. The Bertz CT molecular complexity index is 376. The molecule has 0 radical (unpaired) electrons. The van der Waals surface area contributed by atoms with Crippen molar-refractivity contribution in [1.82, 2.24) is 24.5 Å². The van der Waals surface area contributed by atoms with Crippen LogP contribution in [0.2, 0.25) is 0 Å². The molecule has 14 heavy (non-hydrogen) atoms. The van der Waals surface area contributed by atoms with E-state index in [0.717, 1.165) is 19.5 Å². The molecule has 74 valence electrons. The van der Waals surface area contributed by atoms with Crippen LogP contribution in [0, 0.1) is 0 Å². The third kappa shape index (κ3) is 2.09. The fraction of sp³-hybridized carbons (Fsp3) is 0.375. The molecule has 0 saturated heterocycles. The zero-order valence-electron chi connectivity index (χ0n) is 7.74. The molecule has 0 spiro atoms. The van der Waals surface area contributed by atoms with Gasteiger partial charge in [-0.2, -0.15) is 9.90 Å². The summed E-state index contributed by atoms with van der Waals surface area (Å²) in [7, 11) is 0. The Kier molecular flexibility index (Phi) is 2.44. The standard InChI is InChI=1S/C8H12N6/c9-8-6-11-14(12-8)4-1-3-13-5-2-10-7-13/h2,5-7H,1,3-4H2,(H2,9,12). The number of anilines is 1. The maximum atomic E-state index is 5.44. The van der Waals surface area contributed by atoms with Crippen molar-refractivity contribution in [3.8, 4) is 0 Å². The van der Waals surface area contributed by atoms with Crippen LogP contribution in [0.1, 0.15) is 6.42 Å². The van der Waals surface area contributed by atoms with Crippen molar-refractivity contribution in [2.75, 3.05) is 5.73 Å². The molecule has 2 aromatic heterocycles. The largest absolute Gasteiger partial charge is 0.381 e. The Morgan fingerprint density at radius 3 is 2.93 bits per heavy atom. The van der Waals surface area contributed by atoms with Gasteiger partial charge >= 0.3 is 0 Å². The molecule has 6 nitrogen and oxygen atoms in total. The molecule has 0 fully saturated rings. The lowest BCUT2D eigenvalue weighted by Crippen LogP contribution is -2.06. The van der Waals surface area contributed by atoms with Crippen molar-refractivity contribution in [2.24, 2.45) is 0 Å². The zero-order valence-corrected chi connectivity index (χ0v) is 7.74. The van der Waals surface area contributed by atoms with Gasteiger partial charge in [-0.15, -0.1) is 5.10 Å². The quantitative estimate of drug-likeness (QED) is 0.748. The fourth-order valence-electron chi connectivity index (χ4n) is 1.23. The minimum absolute atomic E-state index is 0.465. The molecule has 2 heterocycles. The van der Waals surface area contributed by atoms with E-state index in [-0.39, 0.29) is 0 Å². The first-order valence-electron chi connectivity index (χ1n) is 4.46. The first-order chi connectivity index (χ1) is 6.84. The van der Waals surface area contributed by atoms with Crippen LogP contribution in [0.5, 0.6) is 0 Å². The minimum atomic E-state index is 0.465. The lowest BCUT2D eigenvalue weighted by molar-refractivity contribution is 0.481. The maximum Gasteiger partial charge on any atom is 0.165 e. The second kappa shape index (κ2) is 3.91. The molecule has 0 aliphatic heterocycles. The van der Waals surface area contributed by atoms with Crippen molar-refractivity contribution in [3.05, 3.63) is 24.9 Å². The number of imidazole rings is 1. The fourth-order valence-corrected chi connectivity index (χ4v) is 1.23. The lowest BCUT2D eigenvalue weighted by atomic mass is 10.4. The molecule has 0 aliphatic rings. The summed E-state index contributed by atoms with van der Waals surface area (Å²) >= 11 is 0. The SMILES string of the molecule is Nc1cnn(CCCn2ccnc2)n1. The first-order valence-corrected chi connectivity index (χ1v) is 4.46. The van der Waals surface area contributed by atoms with Crippen molar-refractivity contribution in [1.29, 1.82) is 0 Å². The van der Waals surface area contributed by atoms with E-state index in [1.807, 2.05) is 10.8 Å². The highest BCUT2D eigenvalue weighted by Crippen LogP contribution is 1.95. The Labute approximate surface area is 81.4 Å². The number of aromatic nitrogens is 5. The average Bonchev–Trinajstić information content (AvgIpc) is 2.77. The number of hydrogen-bond acceptors (Lipinski definition) is 4. The van der Waals surface area contributed by atoms with E-state index in [2.05, 4.69) is 15.2 Å². The zero-order chi connectivity index (χ0) is 9.80. The number of rotatable bonds is 4. The highest BCUT2D eigenvalue weighted by molar-refractivity contribution is 5.19. The molecule has 0 aliphatic carbocycles. The molecular formula is C8H12N6. The molecule has 2 aromatic rings. The van der Waals surface area contributed by atoms with Gasteiger partial charge in [0.2, 0.25) is 0 Å². The third-order valence-corrected chi connectivity index (χ3v) is 1.89. The van der Waals surface area contributed by atoms with Gasteiger partial charge in [0, 0.05) is 18.9 Å². The average molecular weight is 192 g/mol. The lowest BCUT2D eigenvalue weighted by Gasteiger charge is -2.00. The van der Waals surface area contributed by atoms with Crippen LogP contribution in [-0.4, -0.2) is 24.5 Å². The molecule has 0 aromatic carbocycles. The van der Waals surface area contributed by atoms with Gasteiger partial charge in [-0.3, -0.25) is 0 Å². The number of nitrogen functional groups attached to an aromatic ring is 1. The molecule has 0 bridgehead atoms. The van der Waals surface area contributed by atoms with Gasteiger partial charge in [-0.25, -0.2) is 4.98 Å². The first kappa shape index (κ1) is 8.74. The van der Waals surface area contributed by atoms with Gasteiger partial charge in [0.15, 0.2) is 5.82 Å². The van der Waals surface area contributed by atoms with E-state index in [0.29, 0.717) is 5.82 Å². The van der Waals surface area contributed by atoms with Gasteiger partial charge in [-0.05, 0) is 6.42 Å². The van der Waals surface area contributed by atoms with Crippen molar-refractivity contribution >= 4 is 5.82 Å². The molecule has 2 N–H and O–H groups in total. The van der Waals surface area contributed by atoms with Crippen molar-refractivity contribution in [3.63, 3.8) is 0 Å². The minimum Gasteiger partial charge on any atom is -0.381 e. The summed E-state index contributed by atoms with van der Waals surface area (Å²) in [4.78, 5) is 5.56. The van der Waals surface area contributed by atoms with Crippen LogP contribution in [0.3, 0.4) is 0 Å². The highest BCUT2D eigenvalue weighted by atomic mass is 15.5. The Morgan fingerprint density at radius 1 is 1.36 bits per heavy atom. The van der Waals surface area contributed by atoms with Gasteiger partial charge in [0.25, 0.3) is 0 Å². The maximum absolute atomic E-state index is 5.44. The van der Waals surface area contributed by atoms with E-state index in [9.17, 15) is 0 Å². The Balaban J connectivity index is 1.78. The number of hydrogen-bond donors (Lipinski definition) is 1. The summed E-state index contributed by atoms with van der Waals surface area (Å²) in [5.74, 6) is 0.465. The molecule has 0 atom stereocenters. The second-order valence-corrected chi connectivity index (χ2v) is 3.02. The smallest absolute Gasteiger partial charge is 0.165 e. The van der Waals surface area contributed by atoms with Crippen LogP contribution in [0.25, 0.3) is 0 Å². The summed E-state index contributed by atoms with van der Waals surface area (Å²) in [5, 5.41) is 7.98. The Morgan fingerprint density at radius 2 is 2.29 bits per heavy atom. The van der Waals surface area contributed by atoms with E-state index < -0.39 is 0 Å². The van der Waals surface area contributed by atoms with Gasteiger partial charge in [0.05, 0.1) is 19.1 Å². The molecule has 0 unspecified atom stereocenters. The molecule has 2 rings (SSSR count). The van der Waals surface area contributed by atoms with Crippen LogP contribution >= 0.6 is 0 Å². The van der Waals surface area contributed by atoms with Crippen LogP contribution in [0.15, 0.2) is 24.9 Å². The predicted octanol–water partition coefficient (Wildman–Crippen LogP) is 0.147. The molecule has 0 saturated carbocycles. The van der Waals surface area contributed by atoms with Crippen molar-refractivity contribution in [2.45, 2.75) is 19.5 Å². The van der Waals surface area contributed by atoms with Gasteiger partial charge < -0.3 is 10.3 Å². The van der Waals surface area contributed by atoms with Crippen molar-refractivity contribution < 1.29 is 0 Å². The number of aryl methyl sites for hydroxylation is 2. The molecule has 6 heteroatoms. The normalized spacial score (nSPS) is 10.6. The summed E-state index contributed by atoms with van der Waals surface area (Å²) in [6.45, 7) is 1.69. The summed E-state index contributed by atoms with van der Waals surface area (Å²) < 4.78 is 2.02. The summed E-state index contributed by atoms with van der Waals surface area (Å²) in [5.41, 5.74) is 5.44. The van der Waals surface area contributed by atoms with Crippen LogP contribution in [-0.2, 0) is 13.1 Å². The molecular weight excluding hydrogens is 180 g/mol. The second-order valence-electron chi connectivity index (χ2n) is 3.02. The van der Waals surface area contributed by atoms with E-state index in [4.69, 9.17) is 5.73 Å². The van der Waals surface area contributed by atoms with Gasteiger partial charge in [-0.1, -0.05) is 0 Å². The summed E-state index contributed by atoms with van der Waals surface area (Å²) in [6, 6.07) is 0. The van der Waals surface area contributed by atoms with E-state index in [1.54, 1.807) is 23.5 Å². The monoisotopic (exact) mass is 192 g/mol. The summed E-state index contributed by atoms with van der Waals surface area (Å²) in [6.07, 6.45) is 8.02. The van der Waals surface area contributed by atoms with Crippen LogP contribution < -0.4 is 5.73 Å². The van der Waals surface area contributed by atoms with E-state index >= 15 is 0 Å². The Hall–Kier alpha value is -1.85.